The molecule has 0 bridgehead atoms. The summed E-state index contributed by atoms with van der Waals surface area (Å²) in [5.41, 5.74) is 2.83. The highest BCUT2D eigenvalue weighted by Gasteiger charge is 2.19. The van der Waals surface area contributed by atoms with E-state index in [1.807, 2.05) is 38.1 Å². The summed E-state index contributed by atoms with van der Waals surface area (Å²) in [6, 6.07) is 11.1. The van der Waals surface area contributed by atoms with E-state index in [-0.39, 0.29) is 11.6 Å². The Labute approximate surface area is 144 Å². The molecule has 0 aliphatic carbocycles. The highest BCUT2D eigenvalue weighted by Crippen LogP contribution is 2.40. The van der Waals surface area contributed by atoms with Gasteiger partial charge in [-0.05, 0) is 42.8 Å². The van der Waals surface area contributed by atoms with E-state index in [2.05, 4.69) is 5.18 Å². The van der Waals surface area contributed by atoms with Gasteiger partial charge in [-0.15, -0.1) is 4.91 Å². The lowest BCUT2D eigenvalue weighted by molar-refractivity contribution is 0.291. The molecule has 6 heteroatoms. The van der Waals surface area contributed by atoms with Crippen molar-refractivity contribution in [1.82, 2.24) is 4.57 Å². The molecule has 0 atom stereocenters. The number of aryl methyl sites for hydroxylation is 2. The standard InChI is InChI=1S/C18H17ClN2O3/c1-11-9-12(2)17-13(10-11)16(20-23)18(22)21(17)7-8-24-15-6-4-3-5-14(15)19/h3-6,9-10,22H,7-8H2,1-2H3. The van der Waals surface area contributed by atoms with Crippen molar-refractivity contribution in [3.63, 3.8) is 0 Å². The van der Waals surface area contributed by atoms with Crippen LogP contribution in [0.5, 0.6) is 11.6 Å². The highest BCUT2D eigenvalue weighted by atomic mass is 35.5. The summed E-state index contributed by atoms with van der Waals surface area (Å²) < 4.78 is 7.33. The fourth-order valence-corrected chi connectivity index (χ4v) is 3.16. The van der Waals surface area contributed by atoms with Crippen LogP contribution in [-0.4, -0.2) is 16.3 Å². The van der Waals surface area contributed by atoms with Crippen molar-refractivity contribution in [2.45, 2.75) is 20.4 Å². The molecular formula is C18H17ClN2O3. The van der Waals surface area contributed by atoms with E-state index in [1.165, 1.54) is 0 Å². The number of aromatic nitrogens is 1. The maximum Gasteiger partial charge on any atom is 0.222 e. The number of ether oxygens (including phenoxy) is 1. The first-order valence-corrected chi connectivity index (χ1v) is 7.94. The minimum Gasteiger partial charge on any atom is -0.493 e. The second-order valence-electron chi connectivity index (χ2n) is 5.67. The summed E-state index contributed by atoms with van der Waals surface area (Å²) in [6.07, 6.45) is 0. The molecule has 0 saturated heterocycles. The number of aromatic hydroxyl groups is 1. The highest BCUT2D eigenvalue weighted by molar-refractivity contribution is 6.32. The van der Waals surface area contributed by atoms with Gasteiger partial charge >= 0.3 is 0 Å². The number of nitrogens with zero attached hydrogens (tertiary/aromatic N) is 2. The maximum absolute atomic E-state index is 11.1. The molecule has 124 valence electrons. The fraction of sp³-hybridized carbons (Fsp3) is 0.222. The Bertz CT molecular complexity index is 918. The van der Waals surface area contributed by atoms with Crippen molar-refractivity contribution in [1.29, 1.82) is 0 Å². The van der Waals surface area contributed by atoms with Crippen molar-refractivity contribution >= 4 is 28.2 Å². The number of para-hydroxylation sites is 1. The molecule has 0 amide bonds. The van der Waals surface area contributed by atoms with Gasteiger partial charge in [0.05, 0.1) is 17.1 Å². The molecule has 1 heterocycles. The molecule has 1 aromatic heterocycles. The smallest absolute Gasteiger partial charge is 0.222 e. The zero-order valence-corrected chi connectivity index (χ0v) is 14.2. The van der Waals surface area contributed by atoms with Crippen molar-refractivity contribution < 1.29 is 9.84 Å². The number of benzene rings is 2. The van der Waals surface area contributed by atoms with Gasteiger partial charge in [-0.25, -0.2) is 0 Å². The third-order valence-corrected chi connectivity index (χ3v) is 4.25. The van der Waals surface area contributed by atoms with Crippen LogP contribution in [0.1, 0.15) is 11.1 Å². The predicted molar refractivity (Wildman–Crippen MR) is 95.5 cm³/mol. The molecule has 0 fully saturated rings. The van der Waals surface area contributed by atoms with Crippen LogP contribution in [0, 0.1) is 18.8 Å². The number of rotatable bonds is 5. The average molecular weight is 345 g/mol. The first-order valence-electron chi connectivity index (χ1n) is 7.56. The van der Waals surface area contributed by atoms with E-state index < -0.39 is 0 Å². The van der Waals surface area contributed by atoms with Crippen LogP contribution in [0.4, 0.5) is 5.69 Å². The van der Waals surface area contributed by atoms with Gasteiger partial charge in [0.1, 0.15) is 12.4 Å². The molecule has 0 aliphatic heterocycles. The Morgan fingerprint density at radius 1 is 1.25 bits per heavy atom. The van der Waals surface area contributed by atoms with E-state index in [0.29, 0.717) is 29.3 Å². The second-order valence-corrected chi connectivity index (χ2v) is 6.08. The van der Waals surface area contributed by atoms with Crippen LogP contribution in [0.3, 0.4) is 0 Å². The number of fused-ring (bicyclic) bond motifs is 1. The largest absolute Gasteiger partial charge is 0.493 e. The van der Waals surface area contributed by atoms with Gasteiger partial charge in [0.25, 0.3) is 0 Å². The summed E-state index contributed by atoms with van der Waals surface area (Å²) in [5.74, 6) is 0.438. The molecule has 0 radical (unpaired) electrons. The Kier molecular flexibility index (Phi) is 4.44. The van der Waals surface area contributed by atoms with Crippen molar-refractivity contribution in [2.24, 2.45) is 5.18 Å². The summed E-state index contributed by atoms with van der Waals surface area (Å²) in [5, 5.41) is 14.5. The van der Waals surface area contributed by atoms with Crippen LogP contribution in [0.2, 0.25) is 5.02 Å². The molecule has 0 saturated carbocycles. The number of hydrogen-bond donors (Lipinski definition) is 1. The van der Waals surface area contributed by atoms with Gasteiger partial charge in [-0.2, -0.15) is 0 Å². The van der Waals surface area contributed by atoms with Crippen molar-refractivity contribution in [2.75, 3.05) is 6.61 Å². The normalized spacial score (nSPS) is 11.0. The summed E-state index contributed by atoms with van der Waals surface area (Å²) in [6.45, 7) is 4.55. The van der Waals surface area contributed by atoms with E-state index in [0.717, 1.165) is 16.6 Å². The monoisotopic (exact) mass is 344 g/mol. The Balaban J connectivity index is 1.93. The number of nitroso groups, excluding NO2 is 1. The SMILES string of the molecule is Cc1cc(C)c2c(c1)c(N=O)c(O)n2CCOc1ccccc1Cl. The van der Waals surface area contributed by atoms with E-state index in [9.17, 15) is 10.0 Å². The van der Waals surface area contributed by atoms with Crippen LogP contribution in [0.25, 0.3) is 10.9 Å². The fourth-order valence-electron chi connectivity index (χ4n) is 2.97. The van der Waals surface area contributed by atoms with Gasteiger partial charge in [-0.1, -0.05) is 35.4 Å². The molecule has 0 spiro atoms. The van der Waals surface area contributed by atoms with Crippen LogP contribution < -0.4 is 4.74 Å². The van der Waals surface area contributed by atoms with Crippen LogP contribution in [0.15, 0.2) is 41.6 Å². The van der Waals surface area contributed by atoms with Crippen molar-refractivity contribution in [3.05, 3.63) is 57.5 Å². The van der Waals surface area contributed by atoms with E-state index in [1.54, 1.807) is 16.7 Å². The summed E-state index contributed by atoms with van der Waals surface area (Å²) in [4.78, 5) is 11.1. The van der Waals surface area contributed by atoms with Crippen LogP contribution >= 0.6 is 11.6 Å². The third-order valence-electron chi connectivity index (χ3n) is 3.94. The molecule has 0 aliphatic rings. The molecule has 2 aromatic carbocycles. The second kappa shape index (κ2) is 6.53. The van der Waals surface area contributed by atoms with Gasteiger partial charge < -0.3 is 14.4 Å². The average Bonchev–Trinajstić information content (AvgIpc) is 2.81. The first-order chi connectivity index (χ1) is 11.5. The molecule has 3 rings (SSSR count). The number of halogens is 1. The van der Waals surface area contributed by atoms with Crippen LogP contribution in [-0.2, 0) is 6.54 Å². The molecule has 0 unspecified atom stereocenters. The van der Waals surface area contributed by atoms with Gasteiger partial charge in [0.15, 0.2) is 5.69 Å². The Morgan fingerprint density at radius 3 is 2.71 bits per heavy atom. The molecule has 24 heavy (non-hydrogen) atoms. The molecule has 5 nitrogen and oxygen atoms in total. The lowest BCUT2D eigenvalue weighted by Gasteiger charge is -2.11. The summed E-state index contributed by atoms with van der Waals surface area (Å²) >= 11 is 6.06. The Hall–Kier alpha value is -2.53. The molecular weight excluding hydrogens is 328 g/mol. The maximum atomic E-state index is 11.1. The zero-order chi connectivity index (χ0) is 17.3. The predicted octanol–water partition coefficient (Wildman–Crippen LogP) is 5.09. The minimum atomic E-state index is -0.142. The minimum absolute atomic E-state index is 0.0644. The molecule has 1 N–H and O–H groups in total. The van der Waals surface area contributed by atoms with Crippen molar-refractivity contribution in [3.8, 4) is 11.6 Å². The molecule has 3 aromatic rings. The van der Waals surface area contributed by atoms with Gasteiger partial charge in [-0.3, -0.25) is 0 Å². The number of hydrogen-bond acceptors (Lipinski definition) is 4. The third kappa shape index (κ3) is 2.83. The van der Waals surface area contributed by atoms with E-state index >= 15 is 0 Å². The quantitative estimate of drug-likeness (QED) is 0.655. The van der Waals surface area contributed by atoms with Gasteiger partial charge in [0, 0.05) is 5.39 Å². The van der Waals surface area contributed by atoms with E-state index in [4.69, 9.17) is 16.3 Å². The lowest BCUT2D eigenvalue weighted by Crippen LogP contribution is -2.08. The topological polar surface area (TPSA) is 63.8 Å². The summed E-state index contributed by atoms with van der Waals surface area (Å²) in [7, 11) is 0. The zero-order valence-electron chi connectivity index (χ0n) is 13.4. The Morgan fingerprint density at radius 2 is 2.00 bits per heavy atom. The lowest BCUT2D eigenvalue weighted by atomic mass is 10.1. The van der Waals surface area contributed by atoms with Gasteiger partial charge in [0.2, 0.25) is 5.88 Å². The first kappa shape index (κ1) is 16.3.